The van der Waals surface area contributed by atoms with E-state index >= 15 is 0 Å². The van der Waals surface area contributed by atoms with Gasteiger partial charge in [-0.2, -0.15) is 0 Å². The highest BCUT2D eigenvalue weighted by Gasteiger charge is 2.26. The number of hydrogen-bond acceptors (Lipinski definition) is 4. The molecule has 0 radical (unpaired) electrons. The predicted molar refractivity (Wildman–Crippen MR) is 97.7 cm³/mol. The zero-order valence-corrected chi connectivity index (χ0v) is 16.8. The molecule has 1 aromatic rings. The van der Waals surface area contributed by atoms with Crippen LogP contribution in [0.25, 0.3) is 0 Å². The molecule has 0 saturated heterocycles. The van der Waals surface area contributed by atoms with Crippen molar-refractivity contribution in [1.29, 1.82) is 0 Å². The number of urea groups is 1. The Morgan fingerprint density at radius 2 is 1.88 bits per heavy atom. The number of carbonyl (C=O) groups excluding carboxylic acids is 2. The van der Waals surface area contributed by atoms with Gasteiger partial charge < -0.3 is 4.84 Å². The lowest BCUT2D eigenvalue weighted by molar-refractivity contribution is -0.149. The highest BCUT2D eigenvalue weighted by molar-refractivity contribution is 6.35. The van der Waals surface area contributed by atoms with Crippen LogP contribution in [0.15, 0.2) is 12.1 Å². The Labute approximate surface area is 158 Å². The Morgan fingerprint density at radius 3 is 2.36 bits per heavy atom. The van der Waals surface area contributed by atoms with Crippen LogP contribution in [0.3, 0.4) is 0 Å². The molecule has 1 rings (SSSR count). The van der Waals surface area contributed by atoms with Crippen molar-refractivity contribution in [3.63, 3.8) is 0 Å². The van der Waals surface area contributed by atoms with Crippen LogP contribution in [0.5, 0.6) is 5.75 Å². The molecule has 8 heteroatoms. The summed E-state index contributed by atoms with van der Waals surface area (Å²) in [5, 5.41) is 1.22. The lowest BCUT2D eigenvalue weighted by Crippen LogP contribution is -2.47. The largest absolute Gasteiger partial charge is 0.382 e. The second kappa shape index (κ2) is 8.74. The number of benzene rings is 1. The van der Waals surface area contributed by atoms with Crippen LogP contribution in [0.4, 0.5) is 4.79 Å². The lowest BCUT2D eigenvalue weighted by atomic mass is 9.98. The first-order chi connectivity index (χ1) is 11.5. The zero-order chi connectivity index (χ0) is 19.4. The Hall–Kier alpha value is -1.50. The summed E-state index contributed by atoms with van der Waals surface area (Å²) in [6.07, 6.45) is 0.798. The molecule has 0 saturated carbocycles. The fraction of sp³-hybridized carbons (Fsp3) is 0.529. The number of halogens is 2. The minimum atomic E-state index is -0.858. The predicted octanol–water partition coefficient (Wildman–Crippen LogP) is 5.09. The molecule has 1 aromatic carbocycles. The van der Waals surface area contributed by atoms with Crippen LogP contribution in [0.2, 0.25) is 10.0 Å². The van der Waals surface area contributed by atoms with E-state index in [-0.39, 0.29) is 16.7 Å². The zero-order valence-electron chi connectivity index (χ0n) is 15.3. The van der Waals surface area contributed by atoms with E-state index in [4.69, 9.17) is 32.9 Å². The van der Waals surface area contributed by atoms with Crippen LogP contribution < -0.4 is 10.3 Å². The van der Waals surface area contributed by atoms with Gasteiger partial charge in [0.25, 0.3) is 5.91 Å². The van der Waals surface area contributed by atoms with Crippen LogP contribution in [-0.4, -0.2) is 22.6 Å². The van der Waals surface area contributed by atoms with Crippen molar-refractivity contribution in [2.24, 2.45) is 0 Å². The highest BCUT2D eigenvalue weighted by Crippen LogP contribution is 2.38. The molecular formula is C17H24Cl2N2O4. The third-order valence-corrected chi connectivity index (χ3v) is 3.78. The topological polar surface area (TPSA) is 67.9 Å². The molecule has 0 spiro atoms. The van der Waals surface area contributed by atoms with Gasteiger partial charge >= 0.3 is 6.03 Å². The number of nitrogens with zero attached hydrogens (tertiary/aromatic N) is 1. The van der Waals surface area contributed by atoms with E-state index in [1.54, 1.807) is 26.8 Å². The van der Waals surface area contributed by atoms with Gasteiger partial charge in [-0.15, -0.1) is 0 Å². The lowest BCUT2D eigenvalue weighted by Gasteiger charge is -2.25. The summed E-state index contributed by atoms with van der Waals surface area (Å²) in [5.74, 6) is -0.355. The van der Waals surface area contributed by atoms with Crippen molar-refractivity contribution < 1.29 is 19.3 Å². The maximum Gasteiger partial charge on any atom is 0.382 e. The summed E-state index contributed by atoms with van der Waals surface area (Å²) in [5.41, 5.74) is 2.27. The van der Waals surface area contributed by atoms with E-state index < -0.39 is 17.5 Å². The monoisotopic (exact) mass is 390 g/mol. The molecule has 6 nitrogen and oxygen atoms in total. The molecule has 0 aromatic heterocycles. The van der Waals surface area contributed by atoms with Gasteiger partial charge in [0.1, 0.15) is 0 Å². The average Bonchev–Trinajstić information content (AvgIpc) is 2.49. The number of nitrogens with one attached hydrogen (secondary N) is 1. The van der Waals surface area contributed by atoms with Crippen molar-refractivity contribution in [1.82, 2.24) is 10.5 Å². The minimum Gasteiger partial charge on any atom is -0.366 e. The van der Waals surface area contributed by atoms with Crippen LogP contribution in [0, 0.1) is 0 Å². The summed E-state index contributed by atoms with van der Waals surface area (Å²) in [4.78, 5) is 34.8. The van der Waals surface area contributed by atoms with Gasteiger partial charge in [0, 0.05) is 17.5 Å². The molecule has 0 aliphatic rings. The maximum atomic E-state index is 12.2. The third kappa shape index (κ3) is 6.38. The average molecular weight is 391 g/mol. The molecule has 0 fully saturated rings. The fourth-order valence-corrected chi connectivity index (χ4v) is 2.38. The molecule has 0 heterocycles. The van der Waals surface area contributed by atoms with Gasteiger partial charge in [0.15, 0.2) is 5.75 Å². The van der Waals surface area contributed by atoms with Crippen molar-refractivity contribution in [2.75, 3.05) is 0 Å². The van der Waals surface area contributed by atoms with Gasteiger partial charge in [-0.05, 0) is 45.2 Å². The molecule has 0 aliphatic carbocycles. The van der Waals surface area contributed by atoms with Crippen LogP contribution >= 0.6 is 23.2 Å². The first kappa shape index (κ1) is 21.5. The fourth-order valence-electron chi connectivity index (χ4n) is 1.84. The van der Waals surface area contributed by atoms with Gasteiger partial charge in [-0.3, -0.25) is 9.63 Å². The Kier molecular flexibility index (Phi) is 7.53. The van der Waals surface area contributed by atoms with E-state index in [0.29, 0.717) is 15.6 Å². The normalized spacial score (nSPS) is 12.5. The highest BCUT2D eigenvalue weighted by atomic mass is 35.5. The molecule has 0 bridgehead atoms. The third-order valence-electron chi connectivity index (χ3n) is 3.28. The van der Waals surface area contributed by atoms with E-state index in [2.05, 4.69) is 5.48 Å². The van der Waals surface area contributed by atoms with E-state index in [0.717, 1.165) is 6.42 Å². The summed E-state index contributed by atoms with van der Waals surface area (Å²) in [6, 6.07) is 2.34. The van der Waals surface area contributed by atoms with Gasteiger partial charge in [-0.25, -0.2) is 10.3 Å². The smallest absolute Gasteiger partial charge is 0.366 e. The minimum absolute atomic E-state index is 0.0638. The summed E-state index contributed by atoms with van der Waals surface area (Å²) >= 11 is 12.3. The molecule has 1 unspecified atom stereocenters. The van der Waals surface area contributed by atoms with Crippen LogP contribution in [-0.2, 0) is 9.63 Å². The van der Waals surface area contributed by atoms with Gasteiger partial charge in [0.2, 0.25) is 0 Å². The molecule has 1 atom stereocenters. The number of amides is 3. The molecule has 25 heavy (non-hydrogen) atoms. The van der Waals surface area contributed by atoms with E-state index in [1.165, 1.54) is 13.0 Å². The first-order valence-corrected chi connectivity index (χ1v) is 8.67. The standard InChI is InChI=1S/C17H24Cl2N2O4/c1-7-10(2)13-8-12(18)9-14(19)15(13)24-21(11(3)22)16(23)20-25-17(4,5)6/h8-10H,7H2,1-6H3,(H,20,23). The second-order valence-corrected chi connectivity index (χ2v) is 7.49. The molecule has 1 N–H and O–H groups in total. The van der Waals surface area contributed by atoms with Crippen molar-refractivity contribution in [3.8, 4) is 5.75 Å². The van der Waals surface area contributed by atoms with E-state index in [9.17, 15) is 9.59 Å². The number of carbonyl (C=O) groups is 2. The molecule has 140 valence electrons. The van der Waals surface area contributed by atoms with Gasteiger partial charge in [0.05, 0.1) is 10.6 Å². The molecular weight excluding hydrogens is 367 g/mol. The maximum absolute atomic E-state index is 12.2. The number of rotatable bonds is 5. The Morgan fingerprint density at radius 1 is 1.28 bits per heavy atom. The summed E-state index contributed by atoms with van der Waals surface area (Å²) in [7, 11) is 0. The summed E-state index contributed by atoms with van der Waals surface area (Å²) < 4.78 is 0. The van der Waals surface area contributed by atoms with Crippen molar-refractivity contribution in [3.05, 3.63) is 27.7 Å². The molecule has 0 aliphatic heterocycles. The molecule has 3 amide bonds. The first-order valence-electron chi connectivity index (χ1n) is 7.91. The second-order valence-electron chi connectivity index (χ2n) is 6.64. The Balaban J connectivity index is 3.14. The van der Waals surface area contributed by atoms with Crippen LogP contribution in [0.1, 0.15) is 59.4 Å². The van der Waals surface area contributed by atoms with Crippen molar-refractivity contribution in [2.45, 2.75) is 59.5 Å². The SMILES string of the molecule is CCC(C)c1cc(Cl)cc(Cl)c1ON(C(C)=O)C(=O)NOC(C)(C)C. The summed E-state index contributed by atoms with van der Waals surface area (Å²) in [6.45, 7) is 10.4. The van der Waals surface area contributed by atoms with Gasteiger partial charge in [-0.1, -0.05) is 42.1 Å². The Bertz CT molecular complexity index is 644. The van der Waals surface area contributed by atoms with E-state index in [1.807, 2.05) is 13.8 Å². The number of imide groups is 1. The number of hydroxylamine groups is 3. The number of hydrogen-bond donors (Lipinski definition) is 1. The van der Waals surface area contributed by atoms with Crippen molar-refractivity contribution >= 4 is 35.1 Å². The quantitative estimate of drug-likeness (QED) is 0.710.